The molecule has 0 aliphatic rings. The fraction of sp³-hybridized carbons (Fsp3) is 0.636. The first-order valence-electron chi connectivity index (χ1n) is 11.2. The fourth-order valence-electron chi connectivity index (χ4n) is 3.08. The maximum Gasteiger partial charge on any atom is 0.325 e. The van der Waals surface area contributed by atoms with Crippen molar-refractivity contribution in [1.29, 1.82) is 0 Å². The van der Waals surface area contributed by atoms with E-state index >= 15 is 0 Å². The molecule has 8 nitrogen and oxygen atoms in total. The summed E-state index contributed by atoms with van der Waals surface area (Å²) >= 11 is 1.28. The molecule has 0 saturated heterocycles. The minimum Gasteiger partial charge on any atom is -0.481 e. The van der Waals surface area contributed by atoms with E-state index in [4.69, 9.17) is 19.5 Å². The van der Waals surface area contributed by atoms with Crippen LogP contribution in [0.15, 0.2) is 30.3 Å². The molecule has 3 N–H and O–H groups in total. The molecular weight excluding hydrogens is 447 g/mol. The van der Waals surface area contributed by atoms with E-state index < -0.39 is 33.7 Å². The van der Waals surface area contributed by atoms with E-state index in [1.165, 1.54) is 89.4 Å². The SMILES string of the molecule is CCCCCCCCCC(C[CH2][Na])Oc1ccccc1.O=C(O)CC(C(=O)O)S(=O)(=O)O. The van der Waals surface area contributed by atoms with Crippen LogP contribution in [0.3, 0.4) is 0 Å². The van der Waals surface area contributed by atoms with Crippen molar-refractivity contribution in [3.05, 3.63) is 30.3 Å². The smallest absolute Gasteiger partial charge is 0.325 e. The zero-order valence-electron chi connectivity index (χ0n) is 19.1. The zero-order chi connectivity index (χ0) is 24.4. The van der Waals surface area contributed by atoms with Gasteiger partial charge < -0.3 is 10.2 Å². The number of unbranched alkanes of at least 4 members (excludes halogenated alkanes) is 6. The van der Waals surface area contributed by atoms with Gasteiger partial charge in [0.15, 0.2) is 5.25 Å². The van der Waals surface area contributed by atoms with E-state index in [9.17, 15) is 18.0 Å². The molecule has 0 amide bonds. The molecule has 10 heteroatoms. The monoisotopic (exact) mass is 482 g/mol. The Hall–Kier alpha value is -1.13. The van der Waals surface area contributed by atoms with Crippen LogP contribution in [0.4, 0.5) is 0 Å². The van der Waals surface area contributed by atoms with Gasteiger partial charge in [-0.05, 0) is 0 Å². The molecule has 2 atom stereocenters. The largest absolute Gasteiger partial charge is 0.481 e. The summed E-state index contributed by atoms with van der Waals surface area (Å²) < 4.78 is 36.1. The molecule has 0 spiro atoms. The summed E-state index contributed by atoms with van der Waals surface area (Å²) in [6.07, 6.45) is 11.4. The van der Waals surface area contributed by atoms with E-state index in [1.54, 1.807) is 0 Å². The Labute approximate surface area is 208 Å². The Balaban J connectivity index is 0.000000687. The number of carbonyl (C=O) groups is 2. The van der Waals surface area contributed by atoms with Crippen molar-refractivity contribution >= 4 is 50.0 Å². The molecule has 1 aromatic rings. The third-order valence-electron chi connectivity index (χ3n) is 4.78. The zero-order valence-corrected chi connectivity index (χ0v) is 21.9. The molecule has 1 aromatic carbocycles. The van der Waals surface area contributed by atoms with E-state index in [1.807, 2.05) is 6.07 Å². The van der Waals surface area contributed by atoms with Gasteiger partial charge in [-0.1, -0.05) is 0 Å². The van der Waals surface area contributed by atoms with Gasteiger partial charge in [0.2, 0.25) is 0 Å². The van der Waals surface area contributed by atoms with Crippen LogP contribution in [0, 0.1) is 0 Å². The Bertz CT molecular complexity index is 740. The second-order valence-electron chi connectivity index (χ2n) is 7.69. The second-order valence-corrected chi connectivity index (χ2v) is 10.3. The Morgan fingerprint density at radius 2 is 1.53 bits per heavy atom. The van der Waals surface area contributed by atoms with Gasteiger partial charge in [-0.3, -0.25) is 14.1 Å². The van der Waals surface area contributed by atoms with Crippen molar-refractivity contribution in [2.24, 2.45) is 0 Å². The maximum atomic E-state index is 10.2. The summed E-state index contributed by atoms with van der Waals surface area (Å²) in [5.41, 5.74) is 0. The van der Waals surface area contributed by atoms with Crippen LogP contribution < -0.4 is 4.74 Å². The Morgan fingerprint density at radius 3 is 1.97 bits per heavy atom. The normalized spacial score (nSPS) is 12.9. The van der Waals surface area contributed by atoms with Crippen molar-refractivity contribution < 1.29 is 37.5 Å². The van der Waals surface area contributed by atoms with Crippen LogP contribution in [0.2, 0.25) is 3.67 Å². The summed E-state index contributed by atoms with van der Waals surface area (Å²) in [5.74, 6) is -2.46. The van der Waals surface area contributed by atoms with E-state index in [-0.39, 0.29) is 0 Å². The molecule has 0 saturated carbocycles. The van der Waals surface area contributed by atoms with Gasteiger partial charge in [0, 0.05) is 0 Å². The molecule has 32 heavy (non-hydrogen) atoms. The fourth-order valence-corrected chi connectivity index (χ4v) is 4.34. The van der Waals surface area contributed by atoms with Crippen molar-refractivity contribution in [3.63, 3.8) is 0 Å². The molecule has 0 heterocycles. The maximum absolute atomic E-state index is 10.2. The van der Waals surface area contributed by atoms with Crippen LogP contribution in [0.5, 0.6) is 5.75 Å². The third-order valence-corrected chi connectivity index (χ3v) is 6.45. The van der Waals surface area contributed by atoms with Gasteiger partial charge in [-0.25, -0.2) is 0 Å². The summed E-state index contributed by atoms with van der Waals surface area (Å²) in [6, 6.07) is 10.3. The first-order chi connectivity index (χ1) is 15.1. The van der Waals surface area contributed by atoms with Crippen LogP contribution >= 0.6 is 0 Å². The molecule has 1 rings (SSSR count). The van der Waals surface area contributed by atoms with Gasteiger partial charge in [0.05, 0.1) is 6.42 Å². The van der Waals surface area contributed by atoms with Gasteiger partial charge in [0.25, 0.3) is 10.1 Å². The van der Waals surface area contributed by atoms with Crippen LogP contribution in [0.1, 0.15) is 71.1 Å². The van der Waals surface area contributed by atoms with E-state index in [2.05, 4.69) is 31.2 Å². The number of benzene rings is 1. The predicted octanol–water partition coefficient (Wildman–Crippen LogP) is 4.35. The minimum absolute atomic E-state index is 0.436. The number of hydrogen-bond acceptors (Lipinski definition) is 5. The molecule has 2 unspecified atom stereocenters. The Morgan fingerprint density at radius 1 is 0.969 bits per heavy atom. The number of carboxylic acids is 2. The summed E-state index contributed by atoms with van der Waals surface area (Å²) in [5, 5.41) is 13.9. The number of hydrogen-bond donors (Lipinski definition) is 3. The average Bonchev–Trinajstić information content (AvgIpc) is 2.71. The Kier molecular flexibility index (Phi) is 17.7. The van der Waals surface area contributed by atoms with Gasteiger partial charge in [-0.2, -0.15) is 8.42 Å². The van der Waals surface area contributed by atoms with Gasteiger partial charge in [0.1, 0.15) is 0 Å². The van der Waals surface area contributed by atoms with Gasteiger partial charge in [-0.15, -0.1) is 0 Å². The standard InChI is InChI=1S/C18H29O.C4H6O7S.Na/c1-3-5-6-7-8-9-11-14-17(4-2)19-18-15-12-10-13-16-18;5-3(6)1-2(4(7)8)12(9,10)11;/h10,12-13,15-17H,2-9,11,14H2,1H3;2H,1H2,(H,5,6)(H,7,8)(H,9,10,11);. The average molecular weight is 483 g/mol. The molecule has 0 radical (unpaired) electrons. The number of ether oxygens (including phenoxy) is 1. The summed E-state index contributed by atoms with van der Waals surface area (Å²) in [7, 11) is -4.84. The first-order valence-corrected chi connectivity index (χ1v) is 14.2. The van der Waals surface area contributed by atoms with Crippen molar-refractivity contribution in [3.8, 4) is 5.75 Å². The quantitative estimate of drug-likeness (QED) is 0.180. The summed E-state index contributed by atoms with van der Waals surface area (Å²) in [6.45, 7) is 2.28. The number of rotatable bonds is 16. The van der Waals surface area contributed by atoms with E-state index in [0.29, 0.717) is 6.10 Å². The predicted molar refractivity (Wildman–Crippen MR) is 124 cm³/mol. The van der Waals surface area contributed by atoms with E-state index in [0.717, 1.165) is 5.75 Å². The number of aliphatic carboxylic acids is 2. The van der Waals surface area contributed by atoms with Gasteiger partial charge >= 0.3 is 155 Å². The molecule has 0 aliphatic carbocycles. The molecule has 0 aliphatic heterocycles. The minimum atomic E-state index is -4.84. The third kappa shape index (κ3) is 16.5. The number of carboxylic acid groups (broad SMARTS) is 2. The van der Waals surface area contributed by atoms with Crippen molar-refractivity contribution in [2.45, 2.75) is 86.2 Å². The van der Waals surface area contributed by atoms with Crippen LogP contribution in [-0.4, -0.2) is 74.4 Å². The topological polar surface area (TPSA) is 138 Å². The summed E-state index contributed by atoms with van der Waals surface area (Å²) in [4.78, 5) is 20.0. The second kappa shape index (κ2) is 18.3. The van der Waals surface area contributed by atoms with Crippen molar-refractivity contribution in [1.82, 2.24) is 0 Å². The molecule has 178 valence electrons. The van der Waals surface area contributed by atoms with Crippen LogP contribution in [-0.2, 0) is 19.7 Å². The van der Waals surface area contributed by atoms with Crippen molar-refractivity contribution in [2.75, 3.05) is 0 Å². The molecule has 0 bridgehead atoms. The molecular formula is C22H35NaO8S. The number of para-hydroxylation sites is 1. The first kappa shape index (κ1) is 30.9. The molecule has 0 fully saturated rings. The van der Waals surface area contributed by atoms with Crippen LogP contribution in [0.25, 0.3) is 0 Å². The molecule has 0 aromatic heterocycles.